The standard InChI is InChI=1S/C30H36N2O9/c1-13(2)9-6-7-12-17(34)41-26-18-14(3)15-10-8-11-16(33)19(15)24(35)20(18)27(37)30(40)22(26)23(32(4)5)25(36)21(28(30)38)29(31)39/h8,10-11,14,18,22-23,26,33,35,38,40H,1,6-7,9,12H2,2-5H3,(H2,31,39)/t14-,18+,22+,23-,26-,30-/m1/s1. The number of carbonyl (C=O) groups is 4. The number of phenolic OH excluding ortho intramolecular Hbond substituents is 1. The number of likely N-dealkylation sites (N-methyl/N-ethyl adjacent to an activating group) is 1. The number of carbonyl (C=O) groups excluding carboxylic acids is 4. The van der Waals surface area contributed by atoms with E-state index in [-0.39, 0.29) is 17.7 Å². The fourth-order valence-electron chi connectivity index (χ4n) is 6.60. The molecule has 1 amide bonds. The molecule has 0 aromatic heterocycles. The van der Waals surface area contributed by atoms with E-state index in [1.807, 2.05) is 6.92 Å². The molecule has 41 heavy (non-hydrogen) atoms. The Morgan fingerprint density at radius 1 is 1.12 bits per heavy atom. The zero-order chi connectivity index (χ0) is 30.5. The number of aliphatic hydroxyl groups excluding tert-OH is 2. The van der Waals surface area contributed by atoms with Gasteiger partial charge in [-0.05, 0) is 57.8 Å². The maximum absolute atomic E-state index is 14.2. The van der Waals surface area contributed by atoms with E-state index in [0.29, 0.717) is 24.8 Å². The van der Waals surface area contributed by atoms with Crippen molar-refractivity contribution in [2.75, 3.05) is 14.1 Å². The molecule has 6 atom stereocenters. The summed E-state index contributed by atoms with van der Waals surface area (Å²) in [6.07, 6.45) is 0.414. The zero-order valence-corrected chi connectivity index (χ0v) is 23.5. The zero-order valence-electron chi connectivity index (χ0n) is 23.5. The van der Waals surface area contributed by atoms with Gasteiger partial charge in [-0.25, -0.2) is 0 Å². The van der Waals surface area contributed by atoms with Crippen LogP contribution in [0.2, 0.25) is 0 Å². The Kier molecular flexibility index (Phi) is 7.90. The number of unbranched alkanes of at least 4 members (excludes halogenated alkanes) is 1. The van der Waals surface area contributed by atoms with E-state index in [4.69, 9.17) is 10.5 Å². The number of hydrogen-bond donors (Lipinski definition) is 5. The Hall–Kier alpha value is -3.96. The lowest BCUT2D eigenvalue weighted by Gasteiger charge is -2.54. The molecule has 220 valence electrons. The smallest absolute Gasteiger partial charge is 0.306 e. The number of rotatable bonds is 8. The van der Waals surface area contributed by atoms with Crippen molar-refractivity contribution >= 4 is 29.2 Å². The van der Waals surface area contributed by atoms with E-state index in [1.165, 1.54) is 25.1 Å². The number of Topliss-reactive ketones (excluding diaryl/α,β-unsaturated/α-hetero) is 2. The van der Waals surface area contributed by atoms with E-state index < -0.39 is 81.6 Å². The molecule has 4 rings (SSSR count). The van der Waals surface area contributed by atoms with Gasteiger partial charge < -0.3 is 30.9 Å². The molecule has 0 saturated heterocycles. The number of phenols is 1. The molecule has 0 spiro atoms. The predicted octanol–water partition coefficient (Wildman–Crippen LogP) is 2.18. The maximum Gasteiger partial charge on any atom is 0.306 e. The molecule has 3 aliphatic rings. The van der Waals surface area contributed by atoms with Gasteiger partial charge in [0.2, 0.25) is 5.78 Å². The summed E-state index contributed by atoms with van der Waals surface area (Å²) in [5, 5.41) is 45.2. The van der Waals surface area contributed by atoms with Crippen molar-refractivity contribution in [2.24, 2.45) is 17.6 Å². The number of aromatic hydroxyl groups is 1. The van der Waals surface area contributed by atoms with Crippen LogP contribution in [-0.2, 0) is 23.9 Å². The van der Waals surface area contributed by atoms with Gasteiger partial charge in [0.1, 0.15) is 28.9 Å². The number of esters is 1. The average Bonchev–Trinajstić information content (AvgIpc) is 2.88. The highest BCUT2D eigenvalue weighted by atomic mass is 16.5. The van der Waals surface area contributed by atoms with Crippen LogP contribution in [-0.4, -0.2) is 80.6 Å². The quantitative estimate of drug-likeness (QED) is 0.135. The number of nitrogens with zero attached hydrogens (tertiary/aromatic N) is 1. The number of fused-ring (bicyclic) bond motifs is 3. The molecule has 1 saturated carbocycles. The van der Waals surface area contributed by atoms with Crippen molar-refractivity contribution in [3.05, 3.63) is 58.4 Å². The van der Waals surface area contributed by atoms with E-state index >= 15 is 0 Å². The number of ether oxygens (including phenoxy) is 1. The van der Waals surface area contributed by atoms with Gasteiger partial charge in [0.15, 0.2) is 11.4 Å². The van der Waals surface area contributed by atoms with Gasteiger partial charge in [0.25, 0.3) is 5.91 Å². The van der Waals surface area contributed by atoms with Gasteiger partial charge in [-0.1, -0.05) is 24.6 Å². The molecule has 0 unspecified atom stereocenters. The molecule has 3 aliphatic carbocycles. The van der Waals surface area contributed by atoms with Crippen LogP contribution >= 0.6 is 0 Å². The first-order chi connectivity index (χ1) is 19.2. The lowest BCUT2D eigenvalue weighted by molar-refractivity contribution is -0.185. The maximum atomic E-state index is 14.2. The Morgan fingerprint density at radius 3 is 2.34 bits per heavy atom. The number of aliphatic hydroxyl groups is 3. The molecule has 1 aromatic rings. The van der Waals surface area contributed by atoms with Gasteiger partial charge in [-0.15, -0.1) is 6.58 Å². The molecule has 11 nitrogen and oxygen atoms in total. The van der Waals surface area contributed by atoms with Crippen molar-refractivity contribution in [1.82, 2.24) is 4.90 Å². The number of benzene rings is 1. The second-order valence-corrected chi connectivity index (χ2v) is 11.4. The number of hydrogen-bond acceptors (Lipinski definition) is 10. The number of ketones is 2. The largest absolute Gasteiger partial charge is 0.508 e. The van der Waals surface area contributed by atoms with Crippen LogP contribution in [0.25, 0.3) is 5.76 Å². The van der Waals surface area contributed by atoms with E-state index in [2.05, 4.69) is 6.58 Å². The minimum Gasteiger partial charge on any atom is -0.508 e. The molecular formula is C30H36N2O9. The lowest BCUT2D eigenvalue weighted by Crippen LogP contribution is -2.71. The van der Waals surface area contributed by atoms with Gasteiger partial charge in [0, 0.05) is 17.9 Å². The number of primary amides is 1. The van der Waals surface area contributed by atoms with Crippen molar-refractivity contribution in [3.63, 3.8) is 0 Å². The van der Waals surface area contributed by atoms with Crippen molar-refractivity contribution < 1.29 is 44.3 Å². The monoisotopic (exact) mass is 568 g/mol. The Labute approximate surface area is 237 Å². The molecular weight excluding hydrogens is 532 g/mol. The van der Waals surface area contributed by atoms with Gasteiger partial charge in [-0.3, -0.25) is 24.1 Å². The van der Waals surface area contributed by atoms with Crippen molar-refractivity contribution in [2.45, 2.75) is 63.2 Å². The second-order valence-electron chi connectivity index (χ2n) is 11.4. The van der Waals surface area contributed by atoms with Gasteiger partial charge >= 0.3 is 5.97 Å². The van der Waals surface area contributed by atoms with Crippen molar-refractivity contribution in [3.8, 4) is 5.75 Å². The normalized spacial score (nSPS) is 29.2. The average molecular weight is 569 g/mol. The Balaban J connectivity index is 1.95. The van der Waals surface area contributed by atoms with Crippen LogP contribution in [0.4, 0.5) is 0 Å². The summed E-state index contributed by atoms with van der Waals surface area (Å²) in [6.45, 7) is 7.43. The number of nitrogens with two attached hydrogens (primary N) is 1. The summed E-state index contributed by atoms with van der Waals surface area (Å²) >= 11 is 0. The highest BCUT2D eigenvalue weighted by Crippen LogP contribution is 2.56. The molecule has 0 aliphatic heterocycles. The van der Waals surface area contributed by atoms with Crippen LogP contribution < -0.4 is 5.73 Å². The Bertz CT molecular complexity index is 1410. The highest BCUT2D eigenvalue weighted by Gasteiger charge is 2.69. The fourth-order valence-corrected chi connectivity index (χ4v) is 6.60. The fraction of sp³-hybridized carbons (Fsp3) is 0.467. The van der Waals surface area contributed by atoms with Crippen LogP contribution in [0.5, 0.6) is 5.75 Å². The first kappa shape index (κ1) is 30.0. The molecule has 0 radical (unpaired) electrons. The first-order valence-electron chi connectivity index (χ1n) is 13.5. The van der Waals surface area contributed by atoms with E-state index in [1.54, 1.807) is 19.1 Å². The summed E-state index contributed by atoms with van der Waals surface area (Å²) in [5.41, 5.74) is 2.47. The molecule has 1 fully saturated rings. The molecule has 1 aromatic carbocycles. The summed E-state index contributed by atoms with van der Waals surface area (Å²) in [7, 11) is 2.96. The van der Waals surface area contributed by atoms with Crippen LogP contribution in [0.15, 0.2) is 47.3 Å². The third-order valence-corrected chi connectivity index (χ3v) is 8.47. The topological polar surface area (TPSA) is 188 Å². The Morgan fingerprint density at radius 2 is 1.76 bits per heavy atom. The summed E-state index contributed by atoms with van der Waals surface area (Å²) in [5.74, 6) is -9.69. The molecule has 6 N–H and O–H groups in total. The van der Waals surface area contributed by atoms with E-state index in [0.717, 1.165) is 5.57 Å². The molecule has 11 heteroatoms. The lowest BCUT2D eigenvalue weighted by atomic mass is 9.54. The highest BCUT2D eigenvalue weighted by molar-refractivity contribution is 6.24. The molecule has 0 heterocycles. The summed E-state index contributed by atoms with van der Waals surface area (Å²) < 4.78 is 5.98. The van der Waals surface area contributed by atoms with Gasteiger partial charge in [-0.2, -0.15) is 0 Å². The predicted molar refractivity (Wildman–Crippen MR) is 148 cm³/mol. The molecule has 0 bridgehead atoms. The first-order valence-corrected chi connectivity index (χ1v) is 13.5. The van der Waals surface area contributed by atoms with Crippen LogP contribution in [0, 0.1) is 11.8 Å². The summed E-state index contributed by atoms with van der Waals surface area (Å²) in [6, 6.07) is 3.12. The number of allylic oxidation sites excluding steroid dienone is 1. The number of amides is 1. The van der Waals surface area contributed by atoms with Gasteiger partial charge in [0.05, 0.1) is 17.5 Å². The third kappa shape index (κ3) is 4.62. The van der Waals surface area contributed by atoms with E-state index in [9.17, 15) is 39.6 Å². The minimum atomic E-state index is -2.96. The summed E-state index contributed by atoms with van der Waals surface area (Å²) in [4.78, 5) is 54.6. The minimum absolute atomic E-state index is 0.0126. The SMILES string of the molecule is C=C(C)CCCCC(=O)O[C@@H]1[C@@H]2C(=C(O)c3c(O)cccc3[C@H]2C)C(=O)[C@@]2(O)C(O)=C(C(N)=O)C(=O)[C@H](N(C)C)[C@@H]12. The second kappa shape index (κ2) is 10.8. The third-order valence-electron chi connectivity index (χ3n) is 8.47. The van der Waals surface area contributed by atoms with Crippen molar-refractivity contribution in [1.29, 1.82) is 0 Å². The van der Waals surface area contributed by atoms with Crippen LogP contribution in [0.1, 0.15) is 56.6 Å². The van der Waals surface area contributed by atoms with Crippen LogP contribution in [0.3, 0.4) is 0 Å².